The fourth-order valence-corrected chi connectivity index (χ4v) is 3.93. The molecule has 0 amide bonds. The fraction of sp³-hybridized carbons (Fsp3) is 0.273. The zero-order chi connectivity index (χ0) is 18.9. The molecule has 1 aliphatic rings. The second-order valence-electron chi connectivity index (χ2n) is 7.19. The van der Waals surface area contributed by atoms with Crippen molar-refractivity contribution in [2.75, 3.05) is 26.3 Å². The number of aromatic hydroxyl groups is 1. The summed E-state index contributed by atoms with van der Waals surface area (Å²) in [5, 5.41) is 11.8. The number of morpholine rings is 1. The average molecular weight is 374 g/mol. The van der Waals surface area contributed by atoms with Gasteiger partial charge in [0, 0.05) is 43.3 Å². The topological polar surface area (TPSA) is 63.4 Å². The molecule has 1 aliphatic heterocycles. The van der Waals surface area contributed by atoms with Gasteiger partial charge in [-0.2, -0.15) is 0 Å². The normalized spacial score (nSPS) is 15.4. The van der Waals surface area contributed by atoms with E-state index in [-0.39, 0.29) is 5.75 Å². The van der Waals surface area contributed by atoms with Crippen LogP contribution in [0.2, 0.25) is 0 Å². The first-order chi connectivity index (χ1) is 13.8. The van der Waals surface area contributed by atoms with E-state index in [1.54, 1.807) is 6.20 Å². The van der Waals surface area contributed by atoms with E-state index in [9.17, 15) is 5.11 Å². The third kappa shape index (κ3) is 3.10. The number of imidazole rings is 1. The van der Waals surface area contributed by atoms with Crippen LogP contribution in [0.15, 0.2) is 55.0 Å². The minimum absolute atomic E-state index is 0.279. The fourth-order valence-electron chi connectivity index (χ4n) is 3.93. The van der Waals surface area contributed by atoms with Crippen LogP contribution in [0.3, 0.4) is 0 Å². The highest BCUT2D eigenvalue weighted by atomic mass is 16.5. The molecule has 28 heavy (non-hydrogen) atoms. The number of nitrogens with zero attached hydrogens (tertiary/aromatic N) is 4. The maximum absolute atomic E-state index is 10.9. The molecule has 2 aromatic heterocycles. The van der Waals surface area contributed by atoms with E-state index in [2.05, 4.69) is 31.6 Å². The van der Waals surface area contributed by atoms with Gasteiger partial charge >= 0.3 is 0 Å². The molecule has 142 valence electrons. The van der Waals surface area contributed by atoms with Crippen molar-refractivity contribution in [3.63, 3.8) is 0 Å². The van der Waals surface area contributed by atoms with E-state index in [1.807, 2.05) is 36.7 Å². The Hall–Kier alpha value is -2.96. The first-order valence-electron chi connectivity index (χ1n) is 9.58. The Kier molecular flexibility index (Phi) is 4.43. The predicted molar refractivity (Wildman–Crippen MR) is 108 cm³/mol. The Morgan fingerprint density at radius 2 is 1.82 bits per heavy atom. The van der Waals surface area contributed by atoms with Crippen molar-refractivity contribution in [2.45, 2.75) is 13.1 Å². The Bertz CT molecular complexity index is 1130. The van der Waals surface area contributed by atoms with Crippen LogP contribution in [0.5, 0.6) is 5.75 Å². The quantitative estimate of drug-likeness (QED) is 0.594. The SMILES string of the molecule is Oc1c(CN2CCOCC2)cc(Cn2cnc3ccccc32)c2cccnc12. The summed E-state index contributed by atoms with van der Waals surface area (Å²) >= 11 is 0. The summed E-state index contributed by atoms with van der Waals surface area (Å²) < 4.78 is 7.59. The Balaban J connectivity index is 1.57. The van der Waals surface area contributed by atoms with Gasteiger partial charge in [-0.3, -0.25) is 9.88 Å². The molecule has 0 unspecified atom stereocenters. The Morgan fingerprint density at radius 3 is 2.71 bits per heavy atom. The van der Waals surface area contributed by atoms with Gasteiger partial charge in [0.25, 0.3) is 0 Å². The molecule has 0 bridgehead atoms. The number of para-hydroxylation sites is 2. The lowest BCUT2D eigenvalue weighted by Gasteiger charge is -2.27. The van der Waals surface area contributed by atoms with Crippen molar-refractivity contribution in [3.05, 3.63) is 66.1 Å². The molecule has 0 saturated carbocycles. The number of phenolic OH excluding ortho intramolecular Hbond substituents is 1. The van der Waals surface area contributed by atoms with Crippen LogP contribution in [0.1, 0.15) is 11.1 Å². The van der Waals surface area contributed by atoms with E-state index in [0.29, 0.717) is 18.6 Å². The van der Waals surface area contributed by atoms with Crippen molar-refractivity contribution < 1.29 is 9.84 Å². The molecule has 2 aromatic carbocycles. The molecule has 6 heteroatoms. The Labute approximate surface area is 163 Å². The molecule has 0 spiro atoms. The minimum atomic E-state index is 0.279. The van der Waals surface area contributed by atoms with Crippen LogP contribution in [0.25, 0.3) is 21.9 Å². The molecule has 5 rings (SSSR count). The number of pyridine rings is 1. The maximum atomic E-state index is 10.9. The van der Waals surface area contributed by atoms with E-state index >= 15 is 0 Å². The zero-order valence-electron chi connectivity index (χ0n) is 15.6. The average Bonchev–Trinajstić information content (AvgIpc) is 3.15. The smallest absolute Gasteiger partial charge is 0.146 e. The molecule has 0 atom stereocenters. The van der Waals surface area contributed by atoms with Gasteiger partial charge in [-0.05, 0) is 29.8 Å². The summed E-state index contributed by atoms with van der Waals surface area (Å²) in [6, 6.07) is 14.2. The summed E-state index contributed by atoms with van der Waals surface area (Å²) in [6.45, 7) is 4.60. The lowest BCUT2D eigenvalue weighted by molar-refractivity contribution is 0.0339. The number of rotatable bonds is 4. The molecule has 3 heterocycles. The van der Waals surface area contributed by atoms with Gasteiger partial charge in [0.15, 0.2) is 0 Å². The van der Waals surface area contributed by atoms with Crippen LogP contribution in [-0.2, 0) is 17.8 Å². The van der Waals surface area contributed by atoms with Crippen molar-refractivity contribution >= 4 is 21.9 Å². The van der Waals surface area contributed by atoms with E-state index in [4.69, 9.17) is 4.74 Å². The standard InChI is InChI=1S/C22H22N4O2/c27-22-17(13-25-8-10-28-11-9-25)12-16(18-4-3-7-23-21(18)22)14-26-15-24-19-5-1-2-6-20(19)26/h1-7,12,15,27H,8-11,13-14H2. The first-order valence-corrected chi connectivity index (χ1v) is 9.58. The first kappa shape index (κ1) is 17.2. The monoisotopic (exact) mass is 374 g/mol. The lowest BCUT2D eigenvalue weighted by atomic mass is 10.0. The molecule has 1 N–H and O–H groups in total. The van der Waals surface area contributed by atoms with Crippen LogP contribution >= 0.6 is 0 Å². The molecule has 4 aromatic rings. The molecule has 1 saturated heterocycles. The van der Waals surface area contributed by atoms with Crippen LogP contribution in [-0.4, -0.2) is 50.8 Å². The van der Waals surface area contributed by atoms with Gasteiger partial charge < -0.3 is 14.4 Å². The molecule has 1 fully saturated rings. The largest absolute Gasteiger partial charge is 0.505 e. The zero-order valence-corrected chi connectivity index (χ0v) is 15.6. The van der Waals surface area contributed by atoms with Gasteiger partial charge in [0.05, 0.1) is 30.6 Å². The molecular weight excluding hydrogens is 352 g/mol. The third-order valence-corrected chi connectivity index (χ3v) is 5.40. The molecule has 0 aliphatic carbocycles. The molecular formula is C22H22N4O2. The number of ether oxygens (including phenoxy) is 1. The van der Waals surface area contributed by atoms with Gasteiger partial charge in [-0.15, -0.1) is 0 Å². The van der Waals surface area contributed by atoms with Crippen molar-refractivity contribution in [3.8, 4) is 5.75 Å². The summed E-state index contributed by atoms with van der Waals surface area (Å²) in [5.74, 6) is 0.279. The number of fused-ring (bicyclic) bond motifs is 2. The van der Waals surface area contributed by atoms with Crippen molar-refractivity contribution in [1.29, 1.82) is 0 Å². The number of aromatic nitrogens is 3. The van der Waals surface area contributed by atoms with Crippen LogP contribution < -0.4 is 0 Å². The van der Waals surface area contributed by atoms with Gasteiger partial charge in [-0.25, -0.2) is 4.98 Å². The second kappa shape index (κ2) is 7.22. The maximum Gasteiger partial charge on any atom is 0.146 e. The van der Waals surface area contributed by atoms with Crippen LogP contribution in [0.4, 0.5) is 0 Å². The minimum Gasteiger partial charge on any atom is -0.505 e. The van der Waals surface area contributed by atoms with E-state index in [1.165, 1.54) is 0 Å². The Morgan fingerprint density at radius 1 is 0.964 bits per heavy atom. The second-order valence-corrected chi connectivity index (χ2v) is 7.19. The highest BCUT2D eigenvalue weighted by Crippen LogP contribution is 2.32. The van der Waals surface area contributed by atoms with Crippen molar-refractivity contribution in [2.24, 2.45) is 0 Å². The number of benzene rings is 2. The predicted octanol–water partition coefficient (Wildman–Crippen LogP) is 3.17. The third-order valence-electron chi connectivity index (χ3n) is 5.40. The van der Waals surface area contributed by atoms with Gasteiger partial charge in [0.1, 0.15) is 11.3 Å². The highest BCUT2D eigenvalue weighted by Gasteiger charge is 2.17. The van der Waals surface area contributed by atoms with E-state index in [0.717, 1.165) is 53.8 Å². The number of hydrogen-bond donors (Lipinski definition) is 1. The van der Waals surface area contributed by atoms with Crippen LogP contribution in [0, 0.1) is 0 Å². The molecule has 6 nitrogen and oxygen atoms in total. The molecule has 0 radical (unpaired) electrons. The summed E-state index contributed by atoms with van der Waals surface area (Å²) in [7, 11) is 0. The van der Waals surface area contributed by atoms with Gasteiger partial charge in [0.2, 0.25) is 0 Å². The van der Waals surface area contributed by atoms with E-state index < -0.39 is 0 Å². The van der Waals surface area contributed by atoms with Gasteiger partial charge in [-0.1, -0.05) is 18.2 Å². The summed E-state index contributed by atoms with van der Waals surface area (Å²) in [5.41, 5.74) is 4.78. The highest BCUT2D eigenvalue weighted by molar-refractivity contribution is 5.88. The summed E-state index contributed by atoms with van der Waals surface area (Å²) in [6.07, 6.45) is 3.61. The summed E-state index contributed by atoms with van der Waals surface area (Å²) in [4.78, 5) is 11.3. The van der Waals surface area contributed by atoms with Crippen molar-refractivity contribution in [1.82, 2.24) is 19.4 Å². The number of phenols is 1. The number of hydrogen-bond acceptors (Lipinski definition) is 5. The lowest BCUT2D eigenvalue weighted by Crippen LogP contribution is -2.35.